The highest BCUT2D eigenvalue weighted by atomic mass is 32.2. The minimum atomic E-state index is -0.504. The Kier molecular flexibility index (Phi) is 9.96. The number of unbranched alkanes of at least 4 members (excludes halogenated alkanes) is 3. The first-order valence-electron chi connectivity index (χ1n) is 9.20. The summed E-state index contributed by atoms with van der Waals surface area (Å²) in [6, 6.07) is -0.504. The SMILES string of the molecule is CCCCCCOC(=O)[C@@H](N)CSC1C=C(C(C)C)CCC1C. The molecule has 0 saturated carbocycles. The fourth-order valence-corrected chi connectivity index (χ4v) is 4.10. The van der Waals surface area contributed by atoms with Gasteiger partial charge in [0.15, 0.2) is 0 Å². The summed E-state index contributed by atoms with van der Waals surface area (Å²) in [5.41, 5.74) is 7.55. The molecule has 134 valence electrons. The summed E-state index contributed by atoms with van der Waals surface area (Å²) in [6.07, 6.45) is 9.31. The van der Waals surface area contributed by atoms with Crippen molar-refractivity contribution in [2.24, 2.45) is 17.6 Å². The van der Waals surface area contributed by atoms with Crippen molar-refractivity contribution in [3.8, 4) is 0 Å². The molecule has 0 aliphatic heterocycles. The monoisotopic (exact) mass is 341 g/mol. The van der Waals surface area contributed by atoms with E-state index in [-0.39, 0.29) is 5.97 Å². The molecule has 0 heterocycles. The van der Waals surface area contributed by atoms with Crippen molar-refractivity contribution in [2.45, 2.75) is 77.5 Å². The Morgan fingerprint density at radius 3 is 2.78 bits per heavy atom. The van der Waals surface area contributed by atoms with Gasteiger partial charge in [-0.1, -0.05) is 58.6 Å². The third kappa shape index (κ3) is 7.75. The fourth-order valence-electron chi connectivity index (χ4n) is 2.80. The van der Waals surface area contributed by atoms with Gasteiger partial charge in [-0.25, -0.2) is 0 Å². The summed E-state index contributed by atoms with van der Waals surface area (Å²) < 4.78 is 5.28. The lowest BCUT2D eigenvalue weighted by Gasteiger charge is -2.29. The van der Waals surface area contributed by atoms with Gasteiger partial charge in [0, 0.05) is 11.0 Å². The Hall–Kier alpha value is -0.480. The van der Waals surface area contributed by atoms with Gasteiger partial charge in [0.05, 0.1) is 6.61 Å². The first-order valence-corrected chi connectivity index (χ1v) is 10.2. The van der Waals surface area contributed by atoms with Crippen molar-refractivity contribution in [3.05, 3.63) is 11.6 Å². The molecule has 23 heavy (non-hydrogen) atoms. The van der Waals surface area contributed by atoms with Crippen LogP contribution in [0.3, 0.4) is 0 Å². The van der Waals surface area contributed by atoms with Crippen molar-refractivity contribution < 1.29 is 9.53 Å². The van der Waals surface area contributed by atoms with Gasteiger partial charge in [-0.2, -0.15) is 11.8 Å². The van der Waals surface area contributed by atoms with Gasteiger partial charge in [0.2, 0.25) is 0 Å². The molecule has 1 aliphatic rings. The van der Waals surface area contributed by atoms with Crippen LogP contribution in [0.15, 0.2) is 11.6 Å². The van der Waals surface area contributed by atoms with Crippen LogP contribution in [0.2, 0.25) is 0 Å². The lowest BCUT2D eigenvalue weighted by atomic mass is 9.86. The molecule has 1 rings (SSSR count). The summed E-state index contributed by atoms with van der Waals surface area (Å²) >= 11 is 1.81. The Labute approximate surface area is 146 Å². The molecule has 0 aromatic heterocycles. The van der Waals surface area contributed by atoms with Crippen molar-refractivity contribution >= 4 is 17.7 Å². The third-order valence-corrected chi connectivity index (χ3v) is 6.12. The fraction of sp³-hybridized carbons (Fsp3) is 0.842. The van der Waals surface area contributed by atoms with E-state index in [9.17, 15) is 4.79 Å². The Bertz CT molecular complexity index is 382. The van der Waals surface area contributed by atoms with E-state index < -0.39 is 6.04 Å². The standard InChI is InChI=1S/C19H35NO2S/c1-5-6-7-8-11-22-19(21)17(20)13-23-18-12-16(14(2)3)10-9-15(18)4/h12,14-15,17-18H,5-11,13,20H2,1-4H3/t15?,17-,18?/m0/s1. The van der Waals surface area contributed by atoms with Gasteiger partial charge in [-0.05, 0) is 31.1 Å². The van der Waals surface area contributed by atoms with E-state index in [0.29, 0.717) is 29.4 Å². The molecule has 0 saturated heterocycles. The molecule has 0 spiro atoms. The molecule has 3 atom stereocenters. The van der Waals surface area contributed by atoms with E-state index >= 15 is 0 Å². The maximum absolute atomic E-state index is 11.9. The summed E-state index contributed by atoms with van der Waals surface area (Å²) in [5.74, 6) is 1.67. The van der Waals surface area contributed by atoms with Crippen LogP contribution in [0.4, 0.5) is 0 Å². The quantitative estimate of drug-likeness (QED) is 0.360. The lowest BCUT2D eigenvalue weighted by Crippen LogP contribution is -2.36. The van der Waals surface area contributed by atoms with Crippen LogP contribution in [0.5, 0.6) is 0 Å². The number of allylic oxidation sites excluding steroid dienone is 1. The van der Waals surface area contributed by atoms with Gasteiger partial charge in [-0.3, -0.25) is 4.79 Å². The maximum atomic E-state index is 11.9. The number of carbonyl (C=O) groups is 1. The summed E-state index contributed by atoms with van der Waals surface area (Å²) in [7, 11) is 0. The van der Waals surface area contributed by atoms with Crippen LogP contribution in [-0.2, 0) is 9.53 Å². The lowest BCUT2D eigenvalue weighted by molar-refractivity contribution is -0.144. The average Bonchev–Trinajstić information content (AvgIpc) is 2.53. The van der Waals surface area contributed by atoms with E-state index in [1.165, 1.54) is 25.7 Å². The summed E-state index contributed by atoms with van der Waals surface area (Å²) in [5, 5.41) is 0.476. The second kappa shape index (κ2) is 11.1. The van der Waals surface area contributed by atoms with E-state index in [1.807, 2.05) is 11.8 Å². The minimum absolute atomic E-state index is 0.245. The summed E-state index contributed by atoms with van der Waals surface area (Å²) in [4.78, 5) is 11.9. The molecule has 0 amide bonds. The molecule has 0 bridgehead atoms. The van der Waals surface area contributed by atoms with Crippen molar-refractivity contribution in [3.63, 3.8) is 0 Å². The molecule has 2 unspecified atom stereocenters. The largest absolute Gasteiger partial charge is 0.465 e. The van der Waals surface area contributed by atoms with Crippen LogP contribution in [0, 0.1) is 11.8 Å². The highest BCUT2D eigenvalue weighted by molar-refractivity contribution is 8.00. The first-order chi connectivity index (χ1) is 11.0. The van der Waals surface area contributed by atoms with Crippen LogP contribution in [0.1, 0.15) is 66.2 Å². The number of esters is 1. The van der Waals surface area contributed by atoms with Gasteiger partial charge in [0.1, 0.15) is 6.04 Å². The van der Waals surface area contributed by atoms with Gasteiger partial charge in [0.25, 0.3) is 0 Å². The third-order valence-electron chi connectivity index (χ3n) is 4.58. The molecule has 1 aliphatic carbocycles. The second-order valence-corrected chi connectivity index (χ2v) is 8.26. The molecule has 4 heteroatoms. The molecule has 3 nitrogen and oxygen atoms in total. The number of hydrogen-bond donors (Lipinski definition) is 1. The number of carbonyl (C=O) groups excluding carboxylic acids is 1. The van der Waals surface area contributed by atoms with Crippen molar-refractivity contribution in [2.75, 3.05) is 12.4 Å². The maximum Gasteiger partial charge on any atom is 0.323 e. The van der Waals surface area contributed by atoms with E-state index in [0.717, 1.165) is 12.8 Å². The molecule has 0 fully saturated rings. The van der Waals surface area contributed by atoms with E-state index in [2.05, 4.69) is 33.8 Å². The van der Waals surface area contributed by atoms with E-state index in [4.69, 9.17) is 10.5 Å². The highest BCUT2D eigenvalue weighted by Crippen LogP contribution is 2.34. The van der Waals surface area contributed by atoms with Crippen LogP contribution >= 0.6 is 11.8 Å². The Morgan fingerprint density at radius 2 is 2.13 bits per heavy atom. The average molecular weight is 342 g/mol. The number of thioether (sulfide) groups is 1. The topological polar surface area (TPSA) is 52.3 Å². The Morgan fingerprint density at radius 1 is 1.39 bits per heavy atom. The van der Waals surface area contributed by atoms with Gasteiger partial charge in [-0.15, -0.1) is 0 Å². The van der Waals surface area contributed by atoms with Crippen molar-refractivity contribution in [1.29, 1.82) is 0 Å². The summed E-state index contributed by atoms with van der Waals surface area (Å²) in [6.45, 7) is 9.48. The smallest absolute Gasteiger partial charge is 0.323 e. The predicted molar refractivity (Wildman–Crippen MR) is 101 cm³/mol. The van der Waals surface area contributed by atoms with Crippen LogP contribution in [-0.4, -0.2) is 29.6 Å². The van der Waals surface area contributed by atoms with Gasteiger partial charge >= 0.3 is 5.97 Å². The zero-order valence-electron chi connectivity index (χ0n) is 15.3. The number of nitrogens with two attached hydrogens (primary N) is 1. The first kappa shape index (κ1) is 20.6. The molecular weight excluding hydrogens is 306 g/mol. The second-order valence-electron chi connectivity index (χ2n) is 7.04. The number of rotatable bonds is 10. The number of ether oxygens (including phenoxy) is 1. The zero-order valence-corrected chi connectivity index (χ0v) is 16.2. The van der Waals surface area contributed by atoms with Crippen molar-refractivity contribution in [1.82, 2.24) is 0 Å². The predicted octanol–water partition coefficient (Wildman–Crippen LogP) is 4.55. The van der Waals surface area contributed by atoms with Crippen LogP contribution in [0.25, 0.3) is 0 Å². The molecular formula is C19H35NO2S. The van der Waals surface area contributed by atoms with Crippen LogP contribution < -0.4 is 5.73 Å². The number of hydrogen-bond acceptors (Lipinski definition) is 4. The minimum Gasteiger partial charge on any atom is -0.465 e. The Balaban J connectivity index is 2.32. The zero-order chi connectivity index (χ0) is 17.2. The molecule has 2 N–H and O–H groups in total. The molecule has 0 radical (unpaired) electrons. The highest BCUT2D eigenvalue weighted by Gasteiger charge is 2.24. The molecule has 0 aromatic rings. The van der Waals surface area contributed by atoms with E-state index in [1.54, 1.807) is 5.57 Å². The van der Waals surface area contributed by atoms with Gasteiger partial charge < -0.3 is 10.5 Å². The molecule has 0 aromatic carbocycles. The normalized spacial score (nSPS) is 22.8.